The van der Waals surface area contributed by atoms with E-state index >= 15 is 4.39 Å². The fraction of sp³-hybridized carbons (Fsp3) is 0.406. The molecular formula is C32H34BrClFN3O3Si. The van der Waals surface area contributed by atoms with E-state index in [1.54, 1.807) is 35.2 Å². The van der Waals surface area contributed by atoms with Crippen LogP contribution in [0.4, 0.5) is 4.39 Å². The van der Waals surface area contributed by atoms with Crippen molar-refractivity contribution in [3.8, 4) is 6.07 Å². The zero-order valence-corrected chi connectivity index (χ0v) is 27.7. The lowest BCUT2D eigenvalue weighted by Crippen LogP contribution is -2.51. The minimum absolute atomic E-state index is 0.0196. The molecule has 1 aliphatic carbocycles. The Morgan fingerprint density at radius 3 is 2.43 bits per heavy atom. The van der Waals surface area contributed by atoms with E-state index in [1.807, 2.05) is 12.1 Å². The number of hydrogen-bond donors (Lipinski definition) is 0. The predicted molar refractivity (Wildman–Crippen MR) is 166 cm³/mol. The normalized spacial score (nSPS) is 20.4. The van der Waals surface area contributed by atoms with Crippen LogP contribution in [0, 0.1) is 17.1 Å². The first-order valence-corrected chi connectivity index (χ1v) is 18.1. The van der Waals surface area contributed by atoms with Gasteiger partial charge in [0.25, 0.3) is 5.91 Å². The van der Waals surface area contributed by atoms with E-state index in [9.17, 15) is 10.1 Å². The highest BCUT2D eigenvalue weighted by atomic mass is 79.9. The summed E-state index contributed by atoms with van der Waals surface area (Å²) in [5.74, 6) is -0.852. The molecule has 0 radical (unpaired) electrons. The fourth-order valence-corrected chi connectivity index (χ4v) is 7.46. The highest BCUT2D eigenvalue weighted by molar-refractivity contribution is 9.10. The van der Waals surface area contributed by atoms with Gasteiger partial charge in [0.15, 0.2) is 8.32 Å². The number of carbonyl (C=O) groups excluding carboxylic acids is 1. The summed E-state index contributed by atoms with van der Waals surface area (Å²) in [6.45, 7) is 11.1. The first kappa shape index (κ1) is 30.8. The second-order valence-electron chi connectivity index (χ2n) is 12.6. The van der Waals surface area contributed by atoms with Crippen LogP contribution >= 0.6 is 27.5 Å². The number of nitriles is 1. The van der Waals surface area contributed by atoms with Gasteiger partial charge in [0.05, 0.1) is 23.9 Å². The Kier molecular flexibility index (Phi) is 8.42. The maximum atomic E-state index is 15.2. The molecule has 2 heterocycles. The van der Waals surface area contributed by atoms with Gasteiger partial charge in [-0.1, -0.05) is 60.4 Å². The standard InChI is InChI=1S/C32H34BrClFN3O3Si/c1-31(2,3)42(4,5)41-25-12-11-24(16-25)40-32(21-7-9-23(34)10-8-21,29-13-6-20(17-36)18-37-29)38-19-27-26(30(38)39)14-22(33)15-28(27)35/h6-10,13-15,18,24-25H,11-12,16,19H2,1-5H3. The van der Waals surface area contributed by atoms with E-state index in [4.69, 9.17) is 20.8 Å². The van der Waals surface area contributed by atoms with E-state index in [2.05, 4.69) is 60.8 Å². The first-order valence-electron chi connectivity index (χ1n) is 14.0. The Bertz CT molecular complexity index is 1540. The maximum absolute atomic E-state index is 15.2. The summed E-state index contributed by atoms with van der Waals surface area (Å²) in [4.78, 5) is 20.4. The number of nitrogens with zero attached hydrogens (tertiary/aromatic N) is 3. The molecular weight excluding hydrogens is 637 g/mol. The Labute approximate surface area is 261 Å². The van der Waals surface area contributed by atoms with Crippen molar-refractivity contribution in [2.45, 2.75) is 82.6 Å². The van der Waals surface area contributed by atoms with Crippen molar-refractivity contribution >= 4 is 41.8 Å². The smallest absolute Gasteiger partial charge is 0.257 e. The molecule has 10 heteroatoms. The van der Waals surface area contributed by atoms with Crippen molar-refractivity contribution in [2.24, 2.45) is 0 Å². The Morgan fingerprint density at radius 1 is 1.12 bits per heavy atom. The highest BCUT2D eigenvalue weighted by Gasteiger charge is 2.52. The molecule has 220 valence electrons. The topological polar surface area (TPSA) is 75.5 Å². The van der Waals surface area contributed by atoms with Gasteiger partial charge in [-0.25, -0.2) is 4.39 Å². The molecule has 2 aromatic carbocycles. The monoisotopic (exact) mass is 669 g/mol. The zero-order chi connectivity index (χ0) is 30.4. The lowest BCUT2D eigenvalue weighted by molar-refractivity contribution is -0.154. The molecule has 1 fully saturated rings. The highest BCUT2D eigenvalue weighted by Crippen LogP contribution is 2.46. The van der Waals surface area contributed by atoms with Crippen LogP contribution in [-0.4, -0.2) is 36.3 Å². The van der Waals surface area contributed by atoms with Gasteiger partial charge in [0, 0.05) is 38.5 Å². The van der Waals surface area contributed by atoms with Gasteiger partial charge in [-0.2, -0.15) is 5.26 Å². The molecule has 3 unspecified atom stereocenters. The van der Waals surface area contributed by atoms with Gasteiger partial charge < -0.3 is 9.16 Å². The summed E-state index contributed by atoms with van der Waals surface area (Å²) in [5, 5.41) is 10.0. The quantitative estimate of drug-likeness (QED) is 0.236. The van der Waals surface area contributed by atoms with Crippen molar-refractivity contribution in [3.63, 3.8) is 0 Å². The molecule has 42 heavy (non-hydrogen) atoms. The summed E-state index contributed by atoms with van der Waals surface area (Å²) in [5.41, 5.74) is 0.451. The van der Waals surface area contributed by atoms with Crippen LogP contribution in [0.25, 0.3) is 0 Å². The van der Waals surface area contributed by atoms with Gasteiger partial charge in [0.1, 0.15) is 11.9 Å². The number of aromatic nitrogens is 1. The van der Waals surface area contributed by atoms with Crippen LogP contribution in [0.2, 0.25) is 23.2 Å². The van der Waals surface area contributed by atoms with Crippen LogP contribution in [0.3, 0.4) is 0 Å². The molecule has 6 nitrogen and oxygen atoms in total. The predicted octanol–water partition coefficient (Wildman–Crippen LogP) is 8.32. The number of rotatable bonds is 7. The van der Waals surface area contributed by atoms with Crippen molar-refractivity contribution in [1.29, 1.82) is 5.26 Å². The third kappa shape index (κ3) is 5.68. The van der Waals surface area contributed by atoms with Gasteiger partial charge in [-0.05, 0) is 73.8 Å². The summed E-state index contributed by atoms with van der Waals surface area (Å²) >= 11 is 9.63. The lowest BCUT2D eigenvalue weighted by Gasteiger charge is -2.43. The zero-order valence-electron chi connectivity index (χ0n) is 24.4. The molecule has 0 saturated heterocycles. The minimum atomic E-state index is -2.02. The molecule has 0 N–H and O–H groups in total. The van der Waals surface area contributed by atoms with Crippen molar-refractivity contribution in [1.82, 2.24) is 9.88 Å². The Morgan fingerprint density at radius 2 is 1.81 bits per heavy atom. The molecule has 1 aliphatic heterocycles. The summed E-state index contributed by atoms with van der Waals surface area (Å²) < 4.78 is 29.5. The van der Waals surface area contributed by atoms with E-state index in [0.29, 0.717) is 38.3 Å². The number of amides is 1. The van der Waals surface area contributed by atoms with Gasteiger partial charge in [-0.3, -0.25) is 14.7 Å². The largest absolute Gasteiger partial charge is 0.414 e. The minimum Gasteiger partial charge on any atom is -0.414 e. The van der Waals surface area contributed by atoms with Crippen molar-refractivity contribution < 1.29 is 18.3 Å². The molecule has 5 rings (SSSR count). The van der Waals surface area contributed by atoms with E-state index in [1.165, 1.54) is 12.3 Å². The maximum Gasteiger partial charge on any atom is 0.257 e. The van der Waals surface area contributed by atoms with E-state index in [-0.39, 0.29) is 35.3 Å². The van der Waals surface area contributed by atoms with Gasteiger partial charge in [-0.15, -0.1) is 0 Å². The third-order valence-corrected chi connectivity index (χ3v) is 14.0. The van der Waals surface area contributed by atoms with Gasteiger partial charge in [0.2, 0.25) is 5.72 Å². The van der Waals surface area contributed by atoms with Crippen LogP contribution in [0.1, 0.15) is 72.8 Å². The SMILES string of the molecule is CC(C)(C)[Si](C)(C)OC1CCC(OC(c2ccc(Cl)cc2)(c2ccc(C#N)cn2)N2Cc3c(F)cc(Br)cc3C2=O)C1. The summed E-state index contributed by atoms with van der Waals surface area (Å²) in [7, 11) is -2.02. The second-order valence-corrected chi connectivity index (χ2v) is 18.7. The number of hydrogen-bond acceptors (Lipinski definition) is 5. The van der Waals surface area contributed by atoms with Crippen LogP contribution in [-0.2, 0) is 21.4 Å². The average Bonchev–Trinajstić information content (AvgIpc) is 3.50. The first-order chi connectivity index (χ1) is 19.7. The third-order valence-electron chi connectivity index (χ3n) is 8.75. The second kappa shape index (κ2) is 11.5. The van der Waals surface area contributed by atoms with Crippen molar-refractivity contribution in [3.05, 3.63) is 98.0 Å². The molecule has 1 saturated carbocycles. The average molecular weight is 671 g/mol. The molecule has 2 aliphatic rings. The molecule has 3 aromatic rings. The number of fused-ring (bicyclic) bond motifs is 1. The van der Waals surface area contributed by atoms with E-state index in [0.717, 1.165) is 12.8 Å². The van der Waals surface area contributed by atoms with Crippen LogP contribution < -0.4 is 0 Å². The molecule has 3 atom stereocenters. The fourth-order valence-electron chi connectivity index (χ4n) is 5.50. The molecule has 1 amide bonds. The number of benzene rings is 2. The number of pyridine rings is 1. The van der Waals surface area contributed by atoms with Crippen molar-refractivity contribution in [2.75, 3.05) is 0 Å². The Hall–Kier alpha value is -2.61. The summed E-state index contributed by atoms with van der Waals surface area (Å²) in [6.07, 6.45) is 3.40. The van der Waals surface area contributed by atoms with Crippen LogP contribution in [0.5, 0.6) is 0 Å². The van der Waals surface area contributed by atoms with Crippen LogP contribution in [0.15, 0.2) is 59.2 Å². The number of carbonyl (C=O) groups is 1. The molecule has 0 spiro atoms. The number of ether oxygens (including phenoxy) is 1. The molecule has 1 aromatic heterocycles. The Balaban J connectivity index is 1.61. The van der Waals surface area contributed by atoms with Gasteiger partial charge >= 0.3 is 0 Å². The lowest BCUT2D eigenvalue weighted by atomic mass is 9.95. The number of halogens is 3. The summed E-state index contributed by atoms with van der Waals surface area (Å²) in [6, 6.07) is 15.5. The van der Waals surface area contributed by atoms with E-state index < -0.39 is 19.9 Å². The molecule has 0 bridgehead atoms.